The molecule has 0 aliphatic rings. The SMILES string of the molecule is CC(C)N(Cc1nnc(-c2ccccc2)o1)C(=O)Cc1ccccc1Cl. The molecule has 26 heavy (non-hydrogen) atoms. The van der Waals surface area contributed by atoms with Gasteiger partial charge >= 0.3 is 0 Å². The molecule has 5 nitrogen and oxygen atoms in total. The van der Waals surface area contributed by atoms with Gasteiger partial charge in [-0.3, -0.25) is 4.79 Å². The first-order valence-corrected chi connectivity index (χ1v) is 8.83. The van der Waals surface area contributed by atoms with Gasteiger partial charge in [-0.2, -0.15) is 0 Å². The summed E-state index contributed by atoms with van der Waals surface area (Å²) in [6.07, 6.45) is 0.234. The quantitative estimate of drug-likeness (QED) is 0.647. The van der Waals surface area contributed by atoms with Crippen LogP contribution in [0.5, 0.6) is 0 Å². The second-order valence-electron chi connectivity index (χ2n) is 6.25. The van der Waals surface area contributed by atoms with Gasteiger partial charge in [-0.15, -0.1) is 10.2 Å². The lowest BCUT2D eigenvalue weighted by Gasteiger charge is -2.25. The fourth-order valence-corrected chi connectivity index (χ4v) is 2.83. The second-order valence-corrected chi connectivity index (χ2v) is 6.66. The Kier molecular flexibility index (Phi) is 5.68. The summed E-state index contributed by atoms with van der Waals surface area (Å²) in [4.78, 5) is 14.5. The molecule has 134 valence electrons. The first kappa shape index (κ1) is 18.1. The van der Waals surface area contributed by atoms with E-state index in [0.29, 0.717) is 16.8 Å². The Labute approximate surface area is 157 Å². The van der Waals surface area contributed by atoms with Crippen molar-refractivity contribution in [2.75, 3.05) is 0 Å². The highest BCUT2D eigenvalue weighted by Gasteiger charge is 2.21. The Bertz CT molecular complexity index is 878. The Morgan fingerprint density at radius 3 is 2.46 bits per heavy atom. The molecule has 6 heteroatoms. The van der Waals surface area contributed by atoms with Crippen molar-refractivity contribution in [3.05, 3.63) is 71.1 Å². The van der Waals surface area contributed by atoms with E-state index >= 15 is 0 Å². The molecule has 2 aromatic carbocycles. The van der Waals surface area contributed by atoms with Gasteiger partial charge in [0.15, 0.2) is 0 Å². The van der Waals surface area contributed by atoms with Crippen LogP contribution in [0.3, 0.4) is 0 Å². The van der Waals surface area contributed by atoms with E-state index in [1.807, 2.05) is 62.4 Å². The van der Waals surface area contributed by atoms with Crippen LogP contribution in [0.15, 0.2) is 59.0 Å². The third-order valence-corrected chi connectivity index (χ3v) is 4.41. The molecule has 3 aromatic rings. The van der Waals surface area contributed by atoms with Crippen LogP contribution in [0.1, 0.15) is 25.3 Å². The second kappa shape index (κ2) is 8.15. The minimum atomic E-state index is -0.0347. The standard InChI is InChI=1S/C20H20ClN3O2/c1-14(2)24(19(25)12-16-10-6-7-11-17(16)21)13-18-22-23-20(26-18)15-8-4-3-5-9-15/h3-11,14H,12-13H2,1-2H3. The summed E-state index contributed by atoms with van der Waals surface area (Å²) in [6, 6.07) is 16.9. The number of benzene rings is 2. The van der Waals surface area contributed by atoms with Gasteiger partial charge in [0.1, 0.15) is 0 Å². The molecule has 0 unspecified atom stereocenters. The molecule has 1 heterocycles. The van der Waals surface area contributed by atoms with E-state index in [4.69, 9.17) is 16.0 Å². The maximum atomic E-state index is 12.8. The van der Waals surface area contributed by atoms with Gasteiger partial charge in [0, 0.05) is 16.6 Å². The van der Waals surface area contributed by atoms with Crippen molar-refractivity contribution in [1.82, 2.24) is 15.1 Å². The van der Waals surface area contributed by atoms with Crippen LogP contribution in [-0.4, -0.2) is 27.0 Å². The average Bonchev–Trinajstić information content (AvgIpc) is 3.11. The lowest BCUT2D eigenvalue weighted by atomic mass is 10.1. The molecule has 3 rings (SSSR count). The number of carbonyl (C=O) groups is 1. The summed E-state index contributed by atoms with van der Waals surface area (Å²) in [5.41, 5.74) is 1.66. The van der Waals surface area contributed by atoms with Gasteiger partial charge in [-0.25, -0.2) is 0 Å². The maximum Gasteiger partial charge on any atom is 0.247 e. The van der Waals surface area contributed by atoms with Gasteiger partial charge in [-0.05, 0) is 37.6 Å². The number of carbonyl (C=O) groups excluding carboxylic acids is 1. The Morgan fingerprint density at radius 2 is 1.77 bits per heavy atom. The zero-order chi connectivity index (χ0) is 18.5. The molecule has 0 saturated carbocycles. The smallest absolute Gasteiger partial charge is 0.247 e. The fourth-order valence-electron chi connectivity index (χ4n) is 2.63. The molecule has 0 atom stereocenters. The average molecular weight is 370 g/mol. The summed E-state index contributed by atoms with van der Waals surface area (Å²) in [5.74, 6) is 0.820. The molecule has 1 amide bonds. The van der Waals surface area contributed by atoms with Crippen LogP contribution in [0.2, 0.25) is 5.02 Å². The van der Waals surface area contributed by atoms with Gasteiger partial charge in [0.2, 0.25) is 17.7 Å². The van der Waals surface area contributed by atoms with Crippen molar-refractivity contribution in [3.63, 3.8) is 0 Å². The zero-order valence-electron chi connectivity index (χ0n) is 14.7. The Balaban J connectivity index is 1.74. The van der Waals surface area contributed by atoms with Gasteiger partial charge in [0.05, 0.1) is 13.0 Å². The number of rotatable bonds is 6. The van der Waals surface area contributed by atoms with Crippen LogP contribution in [-0.2, 0) is 17.8 Å². The molecule has 0 aliphatic heterocycles. The van der Waals surface area contributed by atoms with Crippen LogP contribution in [0, 0.1) is 0 Å². The molecule has 0 aliphatic carbocycles. The molecule has 0 radical (unpaired) electrons. The zero-order valence-corrected chi connectivity index (χ0v) is 15.5. The normalized spacial score (nSPS) is 10.9. The van der Waals surface area contributed by atoms with E-state index in [0.717, 1.165) is 11.1 Å². The predicted octanol–water partition coefficient (Wildman–Crippen LogP) is 4.37. The van der Waals surface area contributed by atoms with E-state index in [1.165, 1.54) is 0 Å². The van der Waals surface area contributed by atoms with Crippen molar-refractivity contribution in [1.29, 1.82) is 0 Å². The third-order valence-electron chi connectivity index (χ3n) is 4.04. The molecule has 1 aromatic heterocycles. The first-order chi connectivity index (χ1) is 12.5. The minimum absolute atomic E-state index is 0.00272. The monoisotopic (exact) mass is 369 g/mol. The lowest BCUT2D eigenvalue weighted by molar-refractivity contribution is -0.133. The molecule has 0 spiro atoms. The number of aromatic nitrogens is 2. The van der Waals surface area contributed by atoms with Gasteiger partial charge < -0.3 is 9.32 Å². The largest absolute Gasteiger partial charge is 0.419 e. The van der Waals surface area contributed by atoms with Crippen LogP contribution in [0.4, 0.5) is 0 Å². The van der Waals surface area contributed by atoms with E-state index in [9.17, 15) is 4.79 Å². The van der Waals surface area contributed by atoms with Crippen LogP contribution < -0.4 is 0 Å². The summed E-state index contributed by atoms with van der Waals surface area (Å²) < 4.78 is 5.73. The van der Waals surface area contributed by atoms with E-state index in [1.54, 1.807) is 11.0 Å². The van der Waals surface area contributed by atoms with Crippen molar-refractivity contribution >= 4 is 17.5 Å². The van der Waals surface area contributed by atoms with Crippen LogP contribution in [0.25, 0.3) is 11.5 Å². The number of nitrogens with zero attached hydrogens (tertiary/aromatic N) is 3. The lowest BCUT2D eigenvalue weighted by Crippen LogP contribution is -2.37. The summed E-state index contributed by atoms with van der Waals surface area (Å²) in [7, 11) is 0. The molecule has 0 bridgehead atoms. The molecular formula is C20H20ClN3O2. The van der Waals surface area contributed by atoms with E-state index < -0.39 is 0 Å². The predicted molar refractivity (Wildman–Crippen MR) is 101 cm³/mol. The van der Waals surface area contributed by atoms with Crippen molar-refractivity contribution in [2.24, 2.45) is 0 Å². The highest BCUT2D eigenvalue weighted by Crippen LogP contribution is 2.20. The Hall–Kier alpha value is -2.66. The number of amides is 1. The highest BCUT2D eigenvalue weighted by atomic mass is 35.5. The van der Waals surface area contributed by atoms with Crippen molar-refractivity contribution in [2.45, 2.75) is 32.9 Å². The summed E-state index contributed by atoms with van der Waals surface area (Å²) >= 11 is 6.17. The highest BCUT2D eigenvalue weighted by molar-refractivity contribution is 6.31. The minimum Gasteiger partial charge on any atom is -0.419 e. The topological polar surface area (TPSA) is 59.2 Å². The molecule has 0 saturated heterocycles. The van der Waals surface area contributed by atoms with E-state index in [2.05, 4.69) is 10.2 Å². The molecular weight excluding hydrogens is 350 g/mol. The number of halogens is 1. The van der Waals surface area contributed by atoms with Crippen LogP contribution >= 0.6 is 11.6 Å². The first-order valence-electron chi connectivity index (χ1n) is 8.45. The van der Waals surface area contributed by atoms with Crippen molar-refractivity contribution < 1.29 is 9.21 Å². The number of hydrogen-bond donors (Lipinski definition) is 0. The maximum absolute atomic E-state index is 12.8. The van der Waals surface area contributed by atoms with E-state index in [-0.39, 0.29) is 24.9 Å². The summed E-state index contributed by atoms with van der Waals surface area (Å²) in [6.45, 7) is 4.18. The molecule has 0 fully saturated rings. The molecule has 0 N–H and O–H groups in total. The Morgan fingerprint density at radius 1 is 1.08 bits per heavy atom. The summed E-state index contributed by atoms with van der Waals surface area (Å²) in [5, 5.41) is 8.76. The van der Waals surface area contributed by atoms with Crippen molar-refractivity contribution in [3.8, 4) is 11.5 Å². The fraction of sp³-hybridized carbons (Fsp3) is 0.250. The third kappa shape index (κ3) is 4.29. The number of hydrogen-bond acceptors (Lipinski definition) is 4. The van der Waals surface area contributed by atoms with Gasteiger partial charge in [-0.1, -0.05) is 48.0 Å². The van der Waals surface area contributed by atoms with Gasteiger partial charge in [0.25, 0.3) is 0 Å².